The van der Waals surface area contributed by atoms with Crippen LogP contribution in [0.15, 0.2) is 6.07 Å². The third kappa shape index (κ3) is 1.96. The van der Waals surface area contributed by atoms with Gasteiger partial charge < -0.3 is 10.1 Å². The van der Waals surface area contributed by atoms with Gasteiger partial charge in [-0.2, -0.15) is 5.10 Å². The number of hydrogen-bond acceptors (Lipinski definition) is 3. The molecule has 22 heavy (non-hydrogen) atoms. The van der Waals surface area contributed by atoms with E-state index >= 15 is 0 Å². The first-order valence-electron chi connectivity index (χ1n) is 8.30. The predicted molar refractivity (Wildman–Crippen MR) is 82.6 cm³/mol. The van der Waals surface area contributed by atoms with E-state index < -0.39 is 0 Å². The van der Waals surface area contributed by atoms with Crippen LogP contribution in [0.25, 0.3) is 0 Å². The maximum Gasteiger partial charge on any atom is 0.320 e. The van der Waals surface area contributed by atoms with Crippen LogP contribution in [0.5, 0.6) is 0 Å². The Morgan fingerprint density at radius 2 is 2.23 bits per heavy atom. The lowest BCUT2D eigenvalue weighted by Gasteiger charge is -2.56. The number of carbonyl (C=O) groups excluding carboxylic acids is 1. The van der Waals surface area contributed by atoms with E-state index in [0.29, 0.717) is 17.8 Å². The fourth-order valence-corrected chi connectivity index (χ4v) is 4.82. The number of anilines is 1. The van der Waals surface area contributed by atoms with E-state index in [1.165, 1.54) is 25.7 Å². The molecule has 0 radical (unpaired) electrons. The largest absolute Gasteiger partial charge is 0.377 e. The number of amides is 2. The van der Waals surface area contributed by atoms with Gasteiger partial charge in [-0.1, -0.05) is 12.8 Å². The van der Waals surface area contributed by atoms with Crippen molar-refractivity contribution in [3.63, 3.8) is 0 Å². The van der Waals surface area contributed by atoms with Crippen LogP contribution in [0.3, 0.4) is 0 Å². The van der Waals surface area contributed by atoms with Gasteiger partial charge in [0.15, 0.2) is 5.82 Å². The highest BCUT2D eigenvalue weighted by atomic mass is 16.5. The van der Waals surface area contributed by atoms with Crippen LogP contribution in [0.1, 0.15) is 37.8 Å². The Bertz CT molecular complexity index is 571. The van der Waals surface area contributed by atoms with Crippen molar-refractivity contribution in [1.29, 1.82) is 0 Å². The molecule has 4 rings (SSSR count). The fourth-order valence-electron chi connectivity index (χ4n) is 4.82. The summed E-state index contributed by atoms with van der Waals surface area (Å²) < 4.78 is 7.71. The minimum absolute atomic E-state index is 0.139. The molecule has 6 nitrogen and oxygen atoms in total. The molecule has 0 bridgehead atoms. The monoisotopic (exact) mass is 304 g/mol. The molecule has 120 valence electrons. The average Bonchev–Trinajstić information content (AvgIpc) is 3.17. The van der Waals surface area contributed by atoms with Gasteiger partial charge in [0, 0.05) is 42.8 Å². The highest BCUT2D eigenvalue weighted by molar-refractivity contribution is 5.88. The molecular formula is C16H24N4O2. The molecule has 2 saturated carbocycles. The van der Waals surface area contributed by atoms with Crippen molar-refractivity contribution in [2.45, 2.75) is 51.2 Å². The Morgan fingerprint density at radius 3 is 2.91 bits per heavy atom. The van der Waals surface area contributed by atoms with Gasteiger partial charge in [0.2, 0.25) is 0 Å². The first-order chi connectivity index (χ1) is 10.6. The van der Waals surface area contributed by atoms with Gasteiger partial charge in [0.25, 0.3) is 0 Å². The molecule has 1 aliphatic heterocycles. The third-order valence-corrected chi connectivity index (χ3v) is 5.93. The van der Waals surface area contributed by atoms with E-state index in [4.69, 9.17) is 4.74 Å². The van der Waals surface area contributed by atoms with E-state index in [1.54, 1.807) is 4.68 Å². The molecule has 1 aromatic rings. The second-order valence-corrected chi connectivity index (χ2v) is 7.05. The molecule has 2 N–H and O–H groups in total. The van der Waals surface area contributed by atoms with Crippen molar-refractivity contribution in [3.8, 4) is 0 Å². The molecule has 1 aromatic heterocycles. The van der Waals surface area contributed by atoms with Gasteiger partial charge in [-0.25, -0.2) is 4.79 Å². The zero-order chi connectivity index (χ0) is 15.3. The van der Waals surface area contributed by atoms with Crippen molar-refractivity contribution in [3.05, 3.63) is 11.8 Å². The molecular weight excluding hydrogens is 280 g/mol. The third-order valence-electron chi connectivity index (χ3n) is 5.93. The summed E-state index contributed by atoms with van der Waals surface area (Å²) in [6.07, 6.45) is 6.32. The number of nitrogens with one attached hydrogen (secondary N) is 2. The summed E-state index contributed by atoms with van der Waals surface area (Å²) in [6, 6.07) is 2.00. The molecule has 1 spiro atoms. The number of nitrogens with zero attached hydrogens (tertiary/aromatic N) is 2. The number of fused-ring (bicyclic) bond motifs is 2. The minimum Gasteiger partial charge on any atom is -0.377 e. The van der Waals surface area contributed by atoms with Crippen molar-refractivity contribution in [2.24, 2.45) is 18.4 Å². The zero-order valence-electron chi connectivity index (χ0n) is 13.3. The predicted octanol–water partition coefficient (Wildman–Crippen LogP) is 2.20. The topological polar surface area (TPSA) is 68.2 Å². The van der Waals surface area contributed by atoms with Crippen molar-refractivity contribution in [2.75, 3.05) is 11.9 Å². The van der Waals surface area contributed by atoms with Crippen molar-refractivity contribution in [1.82, 2.24) is 15.1 Å². The van der Waals surface area contributed by atoms with Crippen molar-refractivity contribution >= 4 is 11.8 Å². The Morgan fingerprint density at radius 1 is 1.45 bits per heavy atom. The Balaban J connectivity index is 1.44. The van der Waals surface area contributed by atoms with Gasteiger partial charge in [0.05, 0.1) is 6.10 Å². The smallest absolute Gasteiger partial charge is 0.320 e. The van der Waals surface area contributed by atoms with Crippen LogP contribution < -0.4 is 10.6 Å². The fraction of sp³-hybridized carbons (Fsp3) is 0.750. The second-order valence-electron chi connectivity index (χ2n) is 7.05. The van der Waals surface area contributed by atoms with Crippen LogP contribution in [0, 0.1) is 18.3 Å². The molecule has 0 aromatic carbocycles. The van der Waals surface area contributed by atoms with E-state index in [9.17, 15) is 4.79 Å². The SMILES string of the molecule is Cc1cc(NC(=O)NC2C3CCOC3C23CCCC3)nn1C. The van der Waals surface area contributed by atoms with E-state index in [-0.39, 0.29) is 17.5 Å². The summed E-state index contributed by atoms with van der Waals surface area (Å²) in [4.78, 5) is 12.4. The van der Waals surface area contributed by atoms with Crippen LogP contribution in [-0.2, 0) is 11.8 Å². The van der Waals surface area contributed by atoms with Gasteiger partial charge >= 0.3 is 6.03 Å². The quantitative estimate of drug-likeness (QED) is 0.880. The zero-order valence-corrected chi connectivity index (χ0v) is 13.3. The summed E-state index contributed by atoms with van der Waals surface area (Å²) in [5, 5.41) is 10.4. The standard InChI is InChI=1S/C16H24N4O2/c1-10-9-12(19-20(10)2)17-15(21)18-13-11-5-8-22-14(11)16(13)6-3-4-7-16/h9,11,13-14H,3-8H2,1-2H3,(H2,17,18,19,21). The summed E-state index contributed by atoms with van der Waals surface area (Å²) in [5.41, 5.74) is 1.22. The van der Waals surface area contributed by atoms with Crippen molar-refractivity contribution < 1.29 is 9.53 Å². The number of hydrogen-bond donors (Lipinski definition) is 2. The van der Waals surface area contributed by atoms with Gasteiger partial charge in [-0.05, 0) is 26.2 Å². The van der Waals surface area contributed by atoms with E-state index in [2.05, 4.69) is 15.7 Å². The number of aryl methyl sites for hydroxylation is 2. The first-order valence-corrected chi connectivity index (χ1v) is 8.30. The molecule has 6 heteroatoms. The number of carbonyl (C=O) groups is 1. The molecule has 2 aliphatic carbocycles. The minimum atomic E-state index is -0.139. The van der Waals surface area contributed by atoms with Crippen LogP contribution in [0.2, 0.25) is 0 Å². The molecule has 3 unspecified atom stereocenters. The lowest BCUT2D eigenvalue weighted by atomic mass is 9.54. The maximum atomic E-state index is 12.4. The summed E-state index contributed by atoms with van der Waals surface area (Å²) in [5.74, 6) is 1.10. The Kier molecular flexibility index (Phi) is 3.18. The first kappa shape index (κ1) is 14.1. The molecule has 3 fully saturated rings. The van der Waals surface area contributed by atoms with Crippen LogP contribution in [-0.4, -0.2) is 34.6 Å². The lowest BCUT2D eigenvalue weighted by Crippen LogP contribution is -2.68. The summed E-state index contributed by atoms with van der Waals surface area (Å²) in [6.45, 7) is 2.81. The number of ether oxygens (including phenoxy) is 1. The Labute approximate surface area is 130 Å². The lowest BCUT2D eigenvalue weighted by molar-refractivity contribution is -0.125. The Hall–Kier alpha value is -1.56. The van der Waals surface area contributed by atoms with Gasteiger partial charge in [-0.15, -0.1) is 0 Å². The van der Waals surface area contributed by atoms with Crippen LogP contribution >= 0.6 is 0 Å². The average molecular weight is 304 g/mol. The second kappa shape index (κ2) is 4.98. The number of aromatic nitrogens is 2. The number of rotatable bonds is 2. The highest BCUT2D eigenvalue weighted by Gasteiger charge is 2.65. The number of urea groups is 1. The molecule has 2 amide bonds. The maximum absolute atomic E-state index is 12.4. The van der Waals surface area contributed by atoms with Gasteiger partial charge in [-0.3, -0.25) is 10.00 Å². The highest BCUT2D eigenvalue weighted by Crippen LogP contribution is 2.60. The normalized spacial score (nSPS) is 31.8. The molecule has 3 aliphatic rings. The summed E-state index contributed by atoms with van der Waals surface area (Å²) >= 11 is 0. The molecule has 3 atom stereocenters. The van der Waals surface area contributed by atoms with Crippen LogP contribution in [0.4, 0.5) is 10.6 Å². The van der Waals surface area contributed by atoms with E-state index in [1.807, 2.05) is 20.0 Å². The summed E-state index contributed by atoms with van der Waals surface area (Å²) in [7, 11) is 1.87. The van der Waals surface area contributed by atoms with E-state index in [0.717, 1.165) is 18.7 Å². The molecule has 2 heterocycles. The molecule has 1 saturated heterocycles. The van der Waals surface area contributed by atoms with Gasteiger partial charge in [0.1, 0.15) is 0 Å².